The predicted octanol–water partition coefficient (Wildman–Crippen LogP) is 3.21. The van der Waals surface area contributed by atoms with Gasteiger partial charge in [-0.25, -0.2) is 0 Å². The summed E-state index contributed by atoms with van der Waals surface area (Å²) in [5, 5.41) is 4.86. The molecule has 0 radical (unpaired) electrons. The molecule has 90 valence electrons. The van der Waals surface area contributed by atoms with E-state index in [0.29, 0.717) is 6.04 Å². The summed E-state index contributed by atoms with van der Waals surface area (Å²) in [7, 11) is 0. The van der Waals surface area contributed by atoms with Gasteiger partial charge < -0.3 is 10.2 Å². The SMILES string of the molecule is CC1CNCCN1c1cc(Cl)ccc1Cl.Cl. The summed E-state index contributed by atoms with van der Waals surface area (Å²) in [5.74, 6) is 0. The molecule has 1 atom stereocenters. The zero-order chi connectivity index (χ0) is 10.8. The van der Waals surface area contributed by atoms with Gasteiger partial charge in [0.15, 0.2) is 0 Å². The van der Waals surface area contributed by atoms with Crippen molar-refractivity contribution in [2.75, 3.05) is 24.5 Å². The lowest BCUT2D eigenvalue weighted by Crippen LogP contribution is -2.50. The molecule has 1 aliphatic rings. The van der Waals surface area contributed by atoms with Gasteiger partial charge in [0.1, 0.15) is 0 Å². The topological polar surface area (TPSA) is 15.3 Å². The molecule has 1 aromatic carbocycles. The fourth-order valence-electron chi connectivity index (χ4n) is 1.90. The number of hydrogen-bond donors (Lipinski definition) is 1. The van der Waals surface area contributed by atoms with Gasteiger partial charge in [0, 0.05) is 30.7 Å². The Bertz CT molecular complexity index is 357. The van der Waals surface area contributed by atoms with E-state index in [2.05, 4.69) is 17.1 Å². The van der Waals surface area contributed by atoms with Crippen LogP contribution in [-0.2, 0) is 0 Å². The molecule has 0 aromatic heterocycles. The number of halogens is 3. The minimum absolute atomic E-state index is 0. The predicted molar refractivity (Wildman–Crippen MR) is 73.4 cm³/mol. The Kier molecular flexibility index (Phi) is 5.19. The Balaban J connectivity index is 0.00000128. The second-order valence-corrected chi connectivity index (χ2v) is 4.69. The number of nitrogens with zero attached hydrogens (tertiary/aromatic N) is 1. The van der Waals surface area contributed by atoms with Gasteiger partial charge in [0.25, 0.3) is 0 Å². The van der Waals surface area contributed by atoms with E-state index in [9.17, 15) is 0 Å². The molecule has 2 rings (SSSR count). The highest BCUT2D eigenvalue weighted by atomic mass is 35.5. The third-order valence-electron chi connectivity index (χ3n) is 2.72. The van der Waals surface area contributed by atoms with E-state index >= 15 is 0 Å². The minimum atomic E-state index is 0. The molecule has 0 bridgehead atoms. The molecule has 16 heavy (non-hydrogen) atoms. The van der Waals surface area contributed by atoms with Gasteiger partial charge in [-0.15, -0.1) is 12.4 Å². The summed E-state index contributed by atoms with van der Waals surface area (Å²) >= 11 is 12.2. The average molecular weight is 282 g/mol. The quantitative estimate of drug-likeness (QED) is 0.850. The van der Waals surface area contributed by atoms with Crippen molar-refractivity contribution in [1.82, 2.24) is 5.32 Å². The van der Waals surface area contributed by atoms with Crippen molar-refractivity contribution >= 4 is 41.3 Å². The molecule has 0 aliphatic carbocycles. The lowest BCUT2D eigenvalue weighted by molar-refractivity contribution is 0.501. The molecule has 1 saturated heterocycles. The van der Waals surface area contributed by atoms with Crippen LogP contribution >= 0.6 is 35.6 Å². The summed E-state index contributed by atoms with van der Waals surface area (Å²) in [6, 6.07) is 6.06. The third-order valence-corrected chi connectivity index (χ3v) is 3.27. The Labute approximate surface area is 112 Å². The van der Waals surface area contributed by atoms with Crippen molar-refractivity contribution in [1.29, 1.82) is 0 Å². The largest absolute Gasteiger partial charge is 0.365 e. The molecule has 0 saturated carbocycles. The highest BCUT2D eigenvalue weighted by Crippen LogP contribution is 2.30. The van der Waals surface area contributed by atoms with Crippen LogP contribution in [-0.4, -0.2) is 25.7 Å². The van der Waals surface area contributed by atoms with E-state index in [-0.39, 0.29) is 12.4 Å². The molecular weight excluding hydrogens is 266 g/mol. The highest BCUT2D eigenvalue weighted by Gasteiger charge is 2.20. The maximum atomic E-state index is 6.17. The Morgan fingerprint density at radius 1 is 1.38 bits per heavy atom. The summed E-state index contributed by atoms with van der Waals surface area (Å²) < 4.78 is 0. The van der Waals surface area contributed by atoms with Gasteiger partial charge in [-0.05, 0) is 25.1 Å². The van der Waals surface area contributed by atoms with Crippen molar-refractivity contribution in [2.24, 2.45) is 0 Å². The van der Waals surface area contributed by atoms with Crippen LogP contribution in [0.25, 0.3) is 0 Å². The molecule has 1 heterocycles. The first kappa shape index (κ1) is 13.9. The minimum Gasteiger partial charge on any atom is -0.365 e. The fraction of sp³-hybridized carbons (Fsp3) is 0.455. The Morgan fingerprint density at radius 2 is 2.12 bits per heavy atom. The molecular formula is C11H15Cl3N2. The first-order valence-corrected chi connectivity index (χ1v) is 5.86. The number of piperazine rings is 1. The molecule has 1 fully saturated rings. The summed E-state index contributed by atoms with van der Waals surface area (Å²) in [6.07, 6.45) is 0. The monoisotopic (exact) mass is 280 g/mol. The van der Waals surface area contributed by atoms with Crippen LogP contribution in [0.3, 0.4) is 0 Å². The molecule has 1 aromatic rings. The van der Waals surface area contributed by atoms with E-state index in [1.807, 2.05) is 18.2 Å². The number of anilines is 1. The number of hydrogen-bond acceptors (Lipinski definition) is 2. The summed E-state index contributed by atoms with van der Waals surface area (Å²) in [6.45, 7) is 5.14. The maximum absolute atomic E-state index is 6.17. The van der Waals surface area contributed by atoms with E-state index in [1.54, 1.807) is 0 Å². The van der Waals surface area contributed by atoms with Crippen LogP contribution in [0, 0.1) is 0 Å². The molecule has 1 unspecified atom stereocenters. The summed E-state index contributed by atoms with van der Waals surface area (Å²) in [5.41, 5.74) is 1.04. The smallest absolute Gasteiger partial charge is 0.0640 e. The maximum Gasteiger partial charge on any atom is 0.0640 e. The first-order chi connectivity index (χ1) is 7.18. The van der Waals surface area contributed by atoms with Crippen LogP contribution in [0.2, 0.25) is 10.0 Å². The highest BCUT2D eigenvalue weighted by molar-refractivity contribution is 6.35. The number of benzene rings is 1. The summed E-state index contributed by atoms with van der Waals surface area (Å²) in [4.78, 5) is 2.30. The zero-order valence-corrected chi connectivity index (χ0v) is 11.4. The molecule has 1 aliphatic heterocycles. The first-order valence-electron chi connectivity index (χ1n) is 5.11. The Morgan fingerprint density at radius 3 is 2.81 bits per heavy atom. The van der Waals surface area contributed by atoms with Crippen molar-refractivity contribution in [3.63, 3.8) is 0 Å². The van der Waals surface area contributed by atoms with Gasteiger partial charge in [-0.1, -0.05) is 23.2 Å². The van der Waals surface area contributed by atoms with E-state index in [4.69, 9.17) is 23.2 Å². The molecule has 5 heteroatoms. The van der Waals surface area contributed by atoms with E-state index in [1.165, 1.54) is 0 Å². The van der Waals surface area contributed by atoms with Crippen LogP contribution in [0.1, 0.15) is 6.92 Å². The lowest BCUT2D eigenvalue weighted by atomic mass is 10.2. The van der Waals surface area contributed by atoms with Gasteiger partial charge in [0.2, 0.25) is 0 Å². The molecule has 0 amide bonds. The fourth-order valence-corrected chi connectivity index (χ4v) is 2.30. The normalized spacial score (nSPS) is 20.4. The van der Waals surface area contributed by atoms with Crippen LogP contribution in [0.5, 0.6) is 0 Å². The Hall–Kier alpha value is -0.150. The second-order valence-electron chi connectivity index (χ2n) is 3.84. The van der Waals surface area contributed by atoms with Crippen molar-refractivity contribution in [3.05, 3.63) is 28.2 Å². The van der Waals surface area contributed by atoms with Crippen molar-refractivity contribution in [2.45, 2.75) is 13.0 Å². The second kappa shape index (κ2) is 5.97. The van der Waals surface area contributed by atoms with Gasteiger partial charge in [-0.2, -0.15) is 0 Å². The van der Waals surface area contributed by atoms with Gasteiger partial charge >= 0.3 is 0 Å². The van der Waals surface area contributed by atoms with E-state index < -0.39 is 0 Å². The van der Waals surface area contributed by atoms with Crippen molar-refractivity contribution < 1.29 is 0 Å². The molecule has 1 N–H and O–H groups in total. The van der Waals surface area contributed by atoms with Crippen LogP contribution in [0.4, 0.5) is 5.69 Å². The third kappa shape index (κ3) is 2.95. The average Bonchev–Trinajstić information content (AvgIpc) is 2.23. The van der Waals surface area contributed by atoms with Crippen LogP contribution in [0.15, 0.2) is 18.2 Å². The van der Waals surface area contributed by atoms with Gasteiger partial charge in [-0.3, -0.25) is 0 Å². The lowest BCUT2D eigenvalue weighted by Gasteiger charge is -2.36. The molecule has 0 spiro atoms. The van der Waals surface area contributed by atoms with Crippen molar-refractivity contribution in [3.8, 4) is 0 Å². The van der Waals surface area contributed by atoms with Crippen LogP contribution < -0.4 is 10.2 Å². The van der Waals surface area contributed by atoms with E-state index in [0.717, 1.165) is 35.4 Å². The standard InChI is InChI=1S/C11H14Cl2N2.ClH/c1-8-7-14-4-5-15(8)11-6-9(12)2-3-10(11)13;/h2-3,6,8,14H,4-5,7H2,1H3;1H. The zero-order valence-electron chi connectivity index (χ0n) is 9.04. The number of nitrogens with one attached hydrogen (secondary N) is 1. The number of rotatable bonds is 1. The molecule has 2 nitrogen and oxygen atoms in total. The van der Waals surface area contributed by atoms with Gasteiger partial charge in [0.05, 0.1) is 10.7 Å².